The third-order valence-electron chi connectivity index (χ3n) is 5.51. The van der Waals surface area contributed by atoms with E-state index in [2.05, 4.69) is 16.4 Å². The van der Waals surface area contributed by atoms with Gasteiger partial charge in [-0.05, 0) is 49.4 Å². The highest BCUT2D eigenvalue weighted by molar-refractivity contribution is 8.16. The Morgan fingerprint density at radius 1 is 1.25 bits per heavy atom. The van der Waals surface area contributed by atoms with Crippen LogP contribution in [-0.4, -0.2) is 29.1 Å². The Bertz CT molecular complexity index is 1150. The number of rotatable bonds is 6. The highest BCUT2D eigenvalue weighted by atomic mass is 32.2. The smallest absolute Gasteiger partial charge is 0.338 e. The molecule has 0 unspecified atom stereocenters. The molecule has 3 heterocycles. The zero-order valence-corrected chi connectivity index (χ0v) is 19.3. The number of amides is 1. The lowest BCUT2D eigenvalue weighted by Gasteiger charge is -2.37. The summed E-state index contributed by atoms with van der Waals surface area (Å²) >= 11 is 1.45. The second-order valence-electron chi connectivity index (χ2n) is 7.78. The van der Waals surface area contributed by atoms with Crippen molar-refractivity contribution in [2.45, 2.75) is 39.8 Å². The van der Waals surface area contributed by atoms with Crippen molar-refractivity contribution in [3.8, 4) is 0 Å². The van der Waals surface area contributed by atoms with Gasteiger partial charge in [0.2, 0.25) is 5.91 Å². The third-order valence-corrected chi connectivity index (χ3v) is 6.40. The maximum atomic E-state index is 12.8. The first-order valence-corrected chi connectivity index (χ1v) is 11.2. The number of allylic oxidation sites excluding steroid dienone is 1. The number of ether oxygens (including phenoxy) is 1. The Balaban J connectivity index is 1.66. The van der Waals surface area contributed by atoms with Gasteiger partial charge in [0, 0.05) is 5.70 Å². The number of methoxy groups -OCH3 is 1. The van der Waals surface area contributed by atoms with Crippen molar-refractivity contribution in [1.29, 1.82) is 0 Å². The molecule has 166 valence electrons. The molecule has 7 nitrogen and oxygen atoms in total. The number of hydrogen-bond acceptors (Lipinski definition) is 7. The Morgan fingerprint density at radius 2 is 2.06 bits per heavy atom. The monoisotopic (exact) mass is 451 g/mol. The lowest BCUT2D eigenvalue weighted by molar-refractivity contribution is -0.136. The molecule has 2 aromatic rings. The number of furan rings is 1. The van der Waals surface area contributed by atoms with Crippen LogP contribution in [0, 0.1) is 13.8 Å². The first-order chi connectivity index (χ1) is 15.4. The van der Waals surface area contributed by atoms with Crippen molar-refractivity contribution in [3.05, 3.63) is 81.4 Å². The molecule has 1 N–H and O–H groups in total. The normalized spacial score (nSPS) is 17.6. The molecule has 32 heavy (non-hydrogen) atoms. The second-order valence-corrected chi connectivity index (χ2v) is 8.61. The van der Waals surface area contributed by atoms with Gasteiger partial charge in [-0.3, -0.25) is 4.79 Å². The number of nitrogens with zero attached hydrogens (tertiary/aromatic N) is 2. The number of amidine groups is 1. The Labute approximate surface area is 191 Å². The number of esters is 1. The predicted molar refractivity (Wildman–Crippen MR) is 123 cm³/mol. The van der Waals surface area contributed by atoms with Crippen molar-refractivity contribution < 1.29 is 18.7 Å². The van der Waals surface area contributed by atoms with Gasteiger partial charge in [0.15, 0.2) is 5.17 Å². The lowest BCUT2D eigenvalue weighted by atomic mass is 9.90. The van der Waals surface area contributed by atoms with Gasteiger partial charge in [0.1, 0.15) is 5.76 Å². The van der Waals surface area contributed by atoms with Gasteiger partial charge >= 0.3 is 5.97 Å². The molecule has 2 aliphatic rings. The summed E-state index contributed by atoms with van der Waals surface area (Å²) in [5.74, 6) is 0.126. The lowest BCUT2D eigenvalue weighted by Crippen LogP contribution is -2.38. The fourth-order valence-corrected chi connectivity index (χ4v) is 4.96. The molecule has 4 rings (SSSR count). The molecule has 0 fully saturated rings. The Morgan fingerprint density at radius 3 is 2.75 bits per heavy atom. The molecule has 0 aliphatic carbocycles. The molecule has 8 heteroatoms. The van der Waals surface area contributed by atoms with Crippen molar-refractivity contribution in [3.63, 3.8) is 0 Å². The van der Waals surface area contributed by atoms with E-state index in [1.54, 1.807) is 12.3 Å². The topological polar surface area (TPSA) is 84.1 Å². The van der Waals surface area contributed by atoms with Crippen molar-refractivity contribution in [2.75, 3.05) is 7.11 Å². The van der Waals surface area contributed by atoms with Gasteiger partial charge in [-0.1, -0.05) is 35.5 Å². The van der Waals surface area contributed by atoms with Crippen LogP contribution in [-0.2, 0) is 20.9 Å². The number of benzene rings is 1. The average Bonchev–Trinajstić information content (AvgIpc) is 3.41. The summed E-state index contributed by atoms with van der Waals surface area (Å²) in [5.41, 5.74) is 5.06. The number of thioether (sulfide) groups is 1. The largest absolute Gasteiger partial charge is 0.467 e. The second kappa shape index (κ2) is 9.08. The standard InChI is InChI=1S/C24H25N3O4S/c1-14-7-8-19(15(2)10-14)22-21(23(29)30-4)16(3)26-24-27(22)17(13-32-24)11-20(28)25-12-18-6-5-9-31-18/h5-10,13,22H,11-12H2,1-4H3,(H,25,28)/t22-/m1/s1. The first kappa shape index (κ1) is 22.0. The number of hydrogen-bond donors (Lipinski definition) is 1. The summed E-state index contributed by atoms with van der Waals surface area (Å²) in [6.07, 6.45) is 1.73. The Hall–Kier alpha value is -3.26. The van der Waals surface area contributed by atoms with E-state index in [0.29, 0.717) is 23.6 Å². The number of carbonyl (C=O) groups excluding carboxylic acids is 2. The van der Waals surface area contributed by atoms with E-state index in [9.17, 15) is 9.59 Å². The molecule has 0 spiro atoms. The summed E-state index contributed by atoms with van der Waals surface area (Å²) < 4.78 is 10.4. The molecule has 0 saturated carbocycles. The van der Waals surface area contributed by atoms with Crippen LogP contribution in [0.5, 0.6) is 0 Å². The molecular weight excluding hydrogens is 426 g/mol. The van der Waals surface area contributed by atoms with Crippen LogP contribution in [0.1, 0.15) is 41.8 Å². The maximum absolute atomic E-state index is 12.8. The van der Waals surface area contributed by atoms with Crippen LogP contribution < -0.4 is 5.32 Å². The maximum Gasteiger partial charge on any atom is 0.338 e. The number of fused-ring (bicyclic) bond motifs is 1. The molecule has 0 saturated heterocycles. The minimum atomic E-state index is -0.422. The van der Waals surface area contributed by atoms with Crippen molar-refractivity contribution >= 4 is 28.8 Å². The zero-order valence-electron chi connectivity index (χ0n) is 18.5. The van der Waals surface area contributed by atoms with Gasteiger partial charge in [-0.15, -0.1) is 0 Å². The van der Waals surface area contributed by atoms with E-state index in [-0.39, 0.29) is 12.3 Å². The number of carbonyl (C=O) groups is 2. The minimum absolute atomic E-state index is 0.139. The number of aryl methyl sites for hydroxylation is 2. The van der Waals surface area contributed by atoms with Gasteiger partial charge in [0.25, 0.3) is 0 Å². The number of nitrogens with one attached hydrogen (secondary N) is 1. The zero-order chi connectivity index (χ0) is 22.8. The van der Waals surface area contributed by atoms with Crippen LogP contribution in [0.3, 0.4) is 0 Å². The van der Waals surface area contributed by atoms with Crippen molar-refractivity contribution in [1.82, 2.24) is 10.2 Å². The predicted octanol–water partition coefficient (Wildman–Crippen LogP) is 4.35. The quantitative estimate of drug-likeness (QED) is 0.658. The highest BCUT2D eigenvalue weighted by Crippen LogP contribution is 2.45. The summed E-state index contributed by atoms with van der Waals surface area (Å²) in [7, 11) is 1.37. The Kier molecular flexibility index (Phi) is 6.23. The molecule has 1 amide bonds. The van der Waals surface area contributed by atoms with E-state index in [4.69, 9.17) is 9.15 Å². The molecule has 1 aromatic heterocycles. The average molecular weight is 452 g/mol. The fraction of sp³-hybridized carbons (Fsp3) is 0.292. The first-order valence-electron chi connectivity index (χ1n) is 10.3. The molecule has 0 radical (unpaired) electrons. The van der Waals surface area contributed by atoms with Gasteiger partial charge in [-0.2, -0.15) is 0 Å². The van der Waals surface area contributed by atoms with Crippen molar-refractivity contribution in [2.24, 2.45) is 4.99 Å². The van der Waals surface area contributed by atoms with Crippen LogP contribution in [0.15, 0.2) is 68.4 Å². The van der Waals surface area contributed by atoms with Crippen LogP contribution in [0.2, 0.25) is 0 Å². The summed E-state index contributed by atoms with van der Waals surface area (Å²) in [5, 5.41) is 5.55. The SMILES string of the molecule is COC(=O)C1=C(C)N=C2SC=C(CC(=O)NCc3ccco3)N2[C@@H]1c1ccc(C)cc1C. The molecular formula is C24H25N3O4S. The van der Waals surface area contributed by atoms with E-state index in [1.165, 1.54) is 18.9 Å². The minimum Gasteiger partial charge on any atom is -0.467 e. The van der Waals surface area contributed by atoms with Crippen LogP contribution >= 0.6 is 11.8 Å². The fourth-order valence-electron chi connectivity index (χ4n) is 3.99. The summed E-state index contributed by atoms with van der Waals surface area (Å²) in [6, 6.07) is 9.33. The van der Waals surface area contributed by atoms with Gasteiger partial charge in [-0.25, -0.2) is 9.79 Å². The number of aliphatic imine (C=N–C) groups is 1. The van der Waals surface area contributed by atoms with E-state index in [1.807, 2.05) is 49.3 Å². The van der Waals surface area contributed by atoms with E-state index >= 15 is 0 Å². The summed E-state index contributed by atoms with van der Waals surface area (Å²) in [4.78, 5) is 32.1. The molecule has 1 aromatic carbocycles. The molecule has 0 bridgehead atoms. The molecule has 2 aliphatic heterocycles. The van der Waals surface area contributed by atoms with Gasteiger partial charge < -0.3 is 19.4 Å². The summed E-state index contributed by atoms with van der Waals surface area (Å²) in [6.45, 7) is 6.20. The van der Waals surface area contributed by atoms with Crippen LogP contribution in [0.4, 0.5) is 0 Å². The van der Waals surface area contributed by atoms with E-state index < -0.39 is 12.0 Å². The van der Waals surface area contributed by atoms with E-state index in [0.717, 1.165) is 27.6 Å². The van der Waals surface area contributed by atoms with Crippen LogP contribution in [0.25, 0.3) is 0 Å². The van der Waals surface area contributed by atoms with Gasteiger partial charge in [0.05, 0.1) is 43.7 Å². The molecule has 1 atom stereocenters. The third kappa shape index (κ3) is 4.23. The highest BCUT2D eigenvalue weighted by Gasteiger charge is 2.41.